The highest BCUT2D eigenvalue weighted by molar-refractivity contribution is 7.10. The quantitative estimate of drug-likeness (QED) is 0.777. The first-order valence-corrected chi connectivity index (χ1v) is 8.33. The minimum atomic E-state index is -0.165. The smallest absolute Gasteiger partial charge is 0.273 e. The number of hydrogen-bond donors (Lipinski definition) is 2. The molecular formula is C14H16N6OS. The summed E-state index contributed by atoms with van der Waals surface area (Å²) in [6.45, 7) is 0. The van der Waals surface area contributed by atoms with Crippen LogP contribution in [0, 0.1) is 0 Å². The number of nitrogens with zero attached hydrogens (tertiary/aromatic N) is 4. The topological polar surface area (TPSA) is 88.0 Å². The van der Waals surface area contributed by atoms with Gasteiger partial charge in [-0.2, -0.15) is 9.50 Å². The number of aromatic nitrogens is 5. The highest BCUT2D eigenvalue weighted by Crippen LogP contribution is 2.36. The van der Waals surface area contributed by atoms with Crippen LogP contribution < -0.4 is 5.32 Å². The lowest BCUT2D eigenvalue weighted by atomic mass is 9.88. The number of hydrogen-bond acceptors (Lipinski definition) is 5. The maximum absolute atomic E-state index is 12.4. The molecule has 0 atom stereocenters. The van der Waals surface area contributed by atoms with Gasteiger partial charge in [0.25, 0.3) is 17.6 Å². The second kappa shape index (κ2) is 5.53. The number of fused-ring (bicyclic) bond motifs is 1. The largest absolute Gasteiger partial charge is 0.289 e. The third kappa shape index (κ3) is 2.39. The third-order valence-electron chi connectivity index (χ3n) is 4.13. The lowest BCUT2D eigenvalue weighted by Gasteiger charge is -2.19. The van der Waals surface area contributed by atoms with Gasteiger partial charge >= 0.3 is 0 Å². The van der Waals surface area contributed by atoms with Crippen molar-refractivity contribution >= 4 is 29.0 Å². The van der Waals surface area contributed by atoms with Crippen LogP contribution in [0.4, 0.5) is 5.95 Å². The van der Waals surface area contributed by atoms with E-state index in [0.29, 0.717) is 23.2 Å². The fourth-order valence-corrected chi connectivity index (χ4v) is 4.01. The third-order valence-corrected chi connectivity index (χ3v) is 5.22. The molecule has 0 bridgehead atoms. The first-order chi connectivity index (χ1) is 10.8. The molecule has 7 nitrogen and oxygen atoms in total. The molecule has 1 aliphatic carbocycles. The lowest BCUT2D eigenvalue weighted by molar-refractivity contribution is 0.102. The molecule has 0 saturated heterocycles. The van der Waals surface area contributed by atoms with E-state index in [-0.39, 0.29) is 5.91 Å². The average molecular weight is 316 g/mol. The number of aromatic amines is 1. The maximum Gasteiger partial charge on any atom is 0.273 e. The zero-order valence-corrected chi connectivity index (χ0v) is 12.8. The van der Waals surface area contributed by atoms with Crippen molar-refractivity contribution in [3.8, 4) is 0 Å². The summed E-state index contributed by atoms with van der Waals surface area (Å²) in [7, 11) is 0. The number of H-pyrrole nitrogens is 1. The van der Waals surface area contributed by atoms with Crippen LogP contribution in [0.15, 0.2) is 17.8 Å². The zero-order chi connectivity index (χ0) is 14.9. The Balaban J connectivity index is 1.51. The van der Waals surface area contributed by atoms with Gasteiger partial charge in [-0.15, -0.1) is 21.5 Å². The normalized spacial score (nSPS) is 16.2. The monoisotopic (exact) mass is 316 g/mol. The zero-order valence-electron chi connectivity index (χ0n) is 12.0. The van der Waals surface area contributed by atoms with Crippen molar-refractivity contribution < 1.29 is 4.79 Å². The van der Waals surface area contributed by atoms with Gasteiger partial charge in [-0.25, -0.2) is 0 Å². The van der Waals surface area contributed by atoms with E-state index in [0.717, 1.165) is 0 Å². The molecule has 0 spiro atoms. The molecule has 3 aromatic rings. The molecule has 1 amide bonds. The van der Waals surface area contributed by atoms with E-state index < -0.39 is 0 Å². The average Bonchev–Trinajstić information content (AvgIpc) is 3.26. The second-order valence-corrected chi connectivity index (χ2v) is 6.52. The molecule has 3 heterocycles. The second-order valence-electron chi connectivity index (χ2n) is 5.57. The molecule has 1 aliphatic rings. The molecular weight excluding hydrogens is 300 g/mol. The Kier molecular flexibility index (Phi) is 3.38. The number of rotatable bonds is 3. The van der Waals surface area contributed by atoms with Gasteiger partial charge < -0.3 is 0 Å². The minimum Gasteiger partial charge on any atom is -0.289 e. The van der Waals surface area contributed by atoms with E-state index >= 15 is 0 Å². The van der Waals surface area contributed by atoms with Gasteiger partial charge in [0.15, 0.2) is 0 Å². The van der Waals surface area contributed by atoms with Crippen molar-refractivity contribution in [3.63, 3.8) is 0 Å². The summed E-state index contributed by atoms with van der Waals surface area (Å²) in [4.78, 5) is 17.6. The molecule has 1 saturated carbocycles. The number of carbonyl (C=O) groups excluding carboxylic acids is 1. The molecule has 3 aromatic heterocycles. The molecule has 114 valence electrons. The van der Waals surface area contributed by atoms with Crippen LogP contribution >= 0.6 is 11.3 Å². The van der Waals surface area contributed by atoms with Crippen molar-refractivity contribution in [3.05, 3.63) is 28.2 Å². The molecule has 0 radical (unpaired) electrons. The highest BCUT2D eigenvalue weighted by Gasteiger charge is 2.19. The van der Waals surface area contributed by atoms with Crippen molar-refractivity contribution in [2.45, 2.75) is 38.0 Å². The van der Waals surface area contributed by atoms with Gasteiger partial charge in [-0.1, -0.05) is 19.3 Å². The lowest BCUT2D eigenvalue weighted by Crippen LogP contribution is -2.13. The summed E-state index contributed by atoms with van der Waals surface area (Å²) in [5.41, 5.74) is 0.682. The summed E-state index contributed by atoms with van der Waals surface area (Å²) >= 11 is 1.68. The van der Waals surface area contributed by atoms with Crippen LogP contribution in [0.2, 0.25) is 0 Å². The van der Waals surface area contributed by atoms with Gasteiger partial charge in [-0.3, -0.25) is 15.2 Å². The van der Waals surface area contributed by atoms with Crippen LogP contribution in [0.5, 0.6) is 0 Å². The van der Waals surface area contributed by atoms with E-state index in [1.807, 2.05) is 11.4 Å². The Morgan fingerprint density at radius 2 is 2.18 bits per heavy atom. The highest BCUT2D eigenvalue weighted by atomic mass is 32.1. The first kappa shape index (κ1) is 13.4. The predicted molar refractivity (Wildman–Crippen MR) is 83.2 cm³/mol. The maximum atomic E-state index is 12.4. The van der Waals surface area contributed by atoms with E-state index in [2.05, 4.69) is 25.6 Å². The van der Waals surface area contributed by atoms with Gasteiger partial charge in [0.05, 0.1) is 5.56 Å². The van der Waals surface area contributed by atoms with Crippen molar-refractivity contribution in [2.75, 3.05) is 5.32 Å². The Morgan fingerprint density at radius 1 is 1.32 bits per heavy atom. The van der Waals surface area contributed by atoms with Crippen LogP contribution in [-0.4, -0.2) is 30.7 Å². The minimum absolute atomic E-state index is 0.165. The number of anilines is 1. The summed E-state index contributed by atoms with van der Waals surface area (Å²) in [6.07, 6.45) is 7.90. The molecule has 1 fully saturated rings. The van der Waals surface area contributed by atoms with Crippen molar-refractivity contribution in [2.24, 2.45) is 0 Å². The Morgan fingerprint density at radius 3 is 3.05 bits per heavy atom. The number of thiophene rings is 1. The molecule has 0 aliphatic heterocycles. The summed E-state index contributed by atoms with van der Waals surface area (Å²) in [6, 6.07) is 2.02. The molecule has 2 N–H and O–H groups in total. The van der Waals surface area contributed by atoms with Crippen LogP contribution in [-0.2, 0) is 0 Å². The predicted octanol–water partition coefficient (Wildman–Crippen LogP) is 2.81. The van der Waals surface area contributed by atoms with Gasteiger partial charge in [0.2, 0.25) is 0 Å². The molecule has 8 heteroatoms. The molecule has 22 heavy (non-hydrogen) atoms. The Labute approximate surface area is 130 Å². The SMILES string of the molecule is O=C(Nc1nnc2nc[nH]n12)c1csc(C2CCCCC2)c1. The molecule has 0 unspecified atom stereocenters. The first-order valence-electron chi connectivity index (χ1n) is 7.45. The van der Waals surface area contributed by atoms with Crippen molar-refractivity contribution in [1.82, 2.24) is 24.8 Å². The Bertz CT molecular complexity index is 797. The van der Waals surface area contributed by atoms with Crippen molar-refractivity contribution in [1.29, 1.82) is 0 Å². The summed E-state index contributed by atoms with van der Waals surface area (Å²) in [5.74, 6) is 1.24. The number of nitrogens with one attached hydrogen (secondary N) is 2. The van der Waals surface area contributed by atoms with E-state index in [1.165, 1.54) is 47.8 Å². The van der Waals surface area contributed by atoms with E-state index in [9.17, 15) is 4.79 Å². The van der Waals surface area contributed by atoms with Crippen LogP contribution in [0.1, 0.15) is 53.3 Å². The summed E-state index contributed by atoms with van der Waals surface area (Å²) < 4.78 is 1.53. The molecule has 4 rings (SSSR count). The number of carbonyl (C=O) groups is 1. The van der Waals surface area contributed by atoms with E-state index in [4.69, 9.17) is 0 Å². The standard InChI is InChI=1S/C14H16N6OS/c21-12(17-14-19-18-13-15-8-16-20(13)14)10-6-11(22-7-10)9-4-2-1-3-5-9/h6-9H,1-5H2,(H,15,16,18)(H,17,19,21). The number of amides is 1. The molecule has 0 aromatic carbocycles. The fraction of sp³-hybridized carbons (Fsp3) is 0.429. The van der Waals surface area contributed by atoms with Gasteiger partial charge in [0, 0.05) is 10.3 Å². The Hall–Kier alpha value is -2.22. The fourth-order valence-electron chi connectivity index (χ4n) is 2.95. The van der Waals surface area contributed by atoms with Gasteiger partial charge in [0.1, 0.15) is 6.33 Å². The van der Waals surface area contributed by atoms with Crippen LogP contribution in [0.25, 0.3) is 5.78 Å². The van der Waals surface area contributed by atoms with Crippen LogP contribution in [0.3, 0.4) is 0 Å². The van der Waals surface area contributed by atoms with E-state index in [1.54, 1.807) is 11.3 Å². The van der Waals surface area contributed by atoms with Gasteiger partial charge in [-0.05, 0) is 24.8 Å². The summed E-state index contributed by atoms with van der Waals surface area (Å²) in [5, 5.41) is 15.3.